The Hall–Kier alpha value is -2.82. The summed E-state index contributed by atoms with van der Waals surface area (Å²) in [5.41, 5.74) is 1.88. The molecule has 1 aliphatic carbocycles. The molecule has 3 atom stereocenters. The van der Waals surface area contributed by atoms with E-state index in [0.29, 0.717) is 40.0 Å². The Morgan fingerprint density at radius 2 is 1.91 bits per heavy atom. The molecule has 2 saturated heterocycles. The highest BCUT2D eigenvalue weighted by Gasteiger charge is 2.58. The van der Waals surface area contributed by atoms with Gasteiger partial charge in [-0.2, -0.15) is 0 Å². The Balaban J connectivity index is 1.38. The van der Waals surface area contributed by atoms with Crippen molar-refractivity contribution in [3.8, 4) is 11.3 Å². The fourth-order valence-electron chi connectivity index (χ4n) is 5.03. The van der Waals surface area contributed by atoms with Crippen LogP contribution in [0.15, 0.2) is 24.5 Å². The summed E-state index contributed by atoms with van der Waals surface area (Å²) in [7, 11) is 0. The quantitative estimate of drug-likeness (QED) is 0.563. The summed E-state index contributed by atoms with van der Waals surface area (Å²) in [5, 5.41) is 3.32. The molecule has 3 fully saturated rings. The Labute approximate surface area is 198 Å². The summed E-state index contributed by atoms with van der Waals surface area (Å²) in [6, 6.07) is 4.28. The molecule has 1 aromatic carbocycles. The van der Waals surface area contributed by atoms with Crippen LogP contribution in [0.4, 0.5) is 8.78 Å². The molecular weight excluding hydrogens is 460 g/mol. The third-order valence-corrected chi connectivity index (χ3v) is 8.16. The van der Waals surface area contributed by atoms with Crippen molar-refractivity contribution in [2.45, 2.75) is 32.5 Å². The molecule has 1 saturated carbocycles. The number of carbonyl (C=O) groups excluding carboxylic acids is 2. The number of halogens is 2. The van der Waals surface area contributed by atoms with Crippen LogP contribution in [-0.4, -0.2) is 57.3 Å². The van der Waals surface area contributed by atoms with E-state index in [1.807, 2.05) is 6.07 Å². The number of piperazine rings is 1. The van der Waals surface area contributed by atoms with E-state index in [0.717, 1.165) is 30.6 Å². The Morgan fingerprint density at radius 3 is 2.68 bits per heavy atom. The topological polar surface area (TPSA) is 78.4 Å². The maximum Gasteiger partial charge on any atom is 0.233 e. The lowest BCUT2D eigenvalue weighted by Crippen LogP contribution is -2.49. The van der Waals surface area contributed by atoms with Crippen molar-refractivity contribution in [1.29, 1.82) is 0 Å². The van der Waals surface area contributed by atoms with Gasteiger partial charge in [-0.25, -0.2) is 18.7 Å². The maximum atomic E-state index is 15.1. The predicted octanol–water partition coefficient (Wildman–Crippen LogP) is 2.94. The van der Waals surface area contributed by atoms with Crippen molar-refractivity contribution < 1.29 is 18.4 Å². The Bertz CT molecular complexity index is 1310. The van der Waals surface area contributed by atoms with Gasteiger partial charge in [-0.3, -0.25) is 19.4 Å². The van der Waals surface area contributed by atoms with Crippen LogP contribution < -0.4 is 5.32 Å². The summed E-state index contributed by atoms with van der Waals surface area (Å²) in [5.74, 6) is -1.79. The normalized spacial score (nSPS) is 24.8. The van der Waals surface area contributed by atoms with Crippen LogP contribution in [0.25, 0.3) is 21.5 Å². The van der Waals surface area contributed by atoms with Gasteiger partial charge in [0.25, 0.3) is 0 Å². The van der Waals surface area contributed by atoms with E-state index in [1.54, 1.807) is 0 Å². The van der Waals surface area contributed by atoms with E-state index in [-0.39, 0.29) is 36.2 Å². The zero-order valence-electron chi connectivity index (χ0n) is 18.6. The maximum absolute atomic E-state index is 15.1. The SMILES string of the molecule is C[C@H]1CNCCN1Cc1c(F)cc(F)cc1-c1ncnc2cc(CN3C(=O)C4CC4C3=O)sc12. The lowest BCUT2D eigenvalue weighted by molar-refractivity contribution is -0.141. The average Bonchev–Trinajstić information content (AvgIpc) is 3.45. The van der Waals surface area contributed by atoms with Gasteiger partial charge < -0.3 is 5.32 Å². The fraction of sp³-hybridized carbons (Fsp3) is 0.417. The minimum Gasteiger partial charge on any atom is -0.314 e. The van der Waals surface area contributed by atoms with Gasteiger partial charge in [0, 0.05) is 54.3 Å². The summed E-state index contributed by atoms with van der Waals surface area (Å²) in [4.78, 5) is 37.8. The third-order valence-electron chi connectivity index (χ3n) is 7.05. The number of carbonyl (C=O) groups is 2. The second-order valence-electron chi connectivity index (χ2n) is 9.30. The molecule has 7 nitrogen and oxygen atoms in total. The molecule has 6 rings (SSSR count). The third kappa shape index (κ3) is 3.60. The molecule has 2 aromatic heterocycles. The molecule has 2 unspecified atom stereocenters. The van der Waals surface area contributed by atoms with Gasteiger partial charge in [0.2, 0.25) is 11.8 Å². The monoisotopic (exact) mass is 483 g/mol. The first-order valence-electron chi connectivity index (χ1n) is 11.4. The Morgan fingerprint density at radius 1 is 1.12 bits per heavy atom. The summed E-state index contributed by atoms with van der Waals surface area (Å²) in [6.07, 6.45) is 2.05. The lowest BCUT2D eigenvalue weighted by Gasteiger charge is -2.34. The zero-order chi connectivity index (χ0) is 23.6. The highest BCUT2D eigenvalue weighted by atomic mass is 32.1. The largest absolute Gasteiger partial charge is 0.314 e. The molecule has 1 N–H and O–H groups in total. The van der Waals surface area contributed by atoms with E-state index in [4.69, 9.17) is 0 Å². The number of fused-ring (bicyclic) bond motifs is 2. The molecule has 10 heteroatoms. The van der Waals surface area contributed by atoms with Crippen LogP contribution in [0.2, 0.25) is 0 Å². The van der Waals surface area contributed by atoms with Crippen molar-refractivity contribution in [3.05, 3.63) is 46.6 Å². The lowest BCUT2D eigenvalue weighted by atomic mass is 10.0. The van der Waals surface area contributed by atoms with Crippen LogP contribution >= 0.6 is 11.3 Å². The summed E-state index contributed by atoms with van der Waals surface area (Å²) in [6.45, 7) is 4.98. The number of hydrogen-bond acceptors (Lipinski definition) is 7. The van der Waals surface area contributed by atoms with E-state index in [1.165, 1.54) is 28.6 Å². The van der Waals surface area contributed by atoms with Gasteiger partial charge in [0.1, 0.15) is 18.0 Å². The fourth-order valence-corrected chi connectivity index (χ4v) is 6.13. The highest BCUT2D eigenvalue weighted by molar-refractivity contribution is 7.19. The molecule has 0 radical (unpaired) electrons. The number of rotatable bonds is 5. The second kappa shape index (κ2) is 8.14. The molecular formula is C24H23F2N5O2S. The molecule has 3 aromatic rings. The van der Waals surface area contributed by atoms with Gasteiger partial charge in [-0.15, -0.1) is 11.3 Å². The first-order chi connectivity index (χ1) is 16.4. The molecule has 2 aliphatic heterocycles. The van der Waals surface area contributed by atoms with Crippen molar-refractivity contribution in [2.24, 2.45) is 11.8 Å². The van der Waals surface area contributed by atoms with E-state index >= 15 is 4.39 Å². The molecule has 176 valence electrons. The van der Waals surface area contributed by atoms with E-state index < -0.39 is 11.6 Å². The van der Waals surface area contributed by atoms with Gasteiger partial charge in [-0.05, 0) is 25.5 Å². The van der Waals surface area contributed by atoms with Gasteiger partial charge in [0.15, 0.2) is 0 Å². The van der Waals surface area contributed by atoms with Gasteiger partial charge in [0.05, 0.1) is 34.3 Å². The van der Waals surface area contributed by atoms with Crippen molar-refractivity contribution in [1.82, 2.24) is 25.1 Å². The molecule has 34 heavy (non-hydrogen) atoms. The van der Waals surface area contributed by atoms with Crippen LogP contribution in [-0.2, 0) is 22.7 Å². The second-order valence-corrected chi connectivity index (χ2v) is 10.4. The number of likely N-dealkylation sites (tertiary alicyclic amines) is 1. The van der Waals surface area contributed by atoms with Crippen LogP contribution in [0.3, 0.4) is 0 Å². The summed E-state index contributed by atoms with van der Waals surface area (Å²) < 4.78 is 30.1. The van der Waals surface area contributed by atoms with Gasteiger partial charge >= 0.3 is 0 Å². The number of imide groups is 1. The number of hydrogen-bond donors (Lipinski definition) is 1. The number of nitrogens with zero attached hydrogens (tertiary/aromatic N) is 4. The molecule has 2 amide bonds. The van der Waals surface area contributed by atoms with Crippen molar-refractivity contribution in [2.75, 3.05) is 19.6 Å². The van der Waals surface area contributed by atoms with Crippen LogP contribution in [0.5, 0.6) is 0 Å². The number of amides is 2. The summed E-state index contributed by atoms with van der Waals surface area (Å²) >= 11 is 1.35. The average molecular weight is 484 g/mol. The minimum absolute atomic E-state index is 0.113. The molecule has 0 spiro atoms. The zero-order valence-corrected chi connectivity index (χ0v) is 19.4. The smallest absolute Gasteiger partial charge is 0.233 e. The van der Waals surface area contributed by atoms with E-state index in [9.17, 15) is 14.0 Å². The van der Waals surface area contributed by atoms with Crippen molar-refractivity contribution >= 4 is 33.4 Å². The minimum atomic E-state index is -0.666. The number of nitrogens with one attached hydrogen (secondary N) is 1. The first kappa shape index (κ1) is 21.7. The number of benzene rings is 1. The van der Waals surface area contributed by atoms with E-state index in [2.05, 4.69) is 27.1 Å². The molecule has 0 bridgehead atoms. The predicted molar refractivity (Wildman–Crippen MR) is 123 cm³/mol. The van der Waals surface area contributed by atoms with Crippen molar-refractivity contribution in [3.63, 3.8) is 0 Å². The van der Waals surface area contributed by atoms with Crippen LogP contribution in [0.1, 0.15) is 23.8 Å². The number of thiophene rings is 1. The first-order valence-corrected chi connectivity index (χ1v) is 12.2. The van der Waals surface area contributed by atoms with Crippen LogP contribution in [0, 0.1) is 23.5 Å². The number of piperidine rings is 1. The Kier molecular flexibility index (Phi) is 5.20. The number of aromatic nitrogens is 2. The molecule has 3 aliphatic rings. The van der Waals surface area contributed by atoms with Gasteiger partial charge in [-0.1, -0.05) is 0 Å². The standard InChI is InChI=1S/C24H23F2N5O2S/c1-12-8-27-2-3-30(12)10-18-15(4-13(25)5-19(18)26)21-22-20(28-11-29-21)6-14(34-22)9-31-23(32)16-7-17(16)24(31)33/h4-6,11-12,16-17,27H,2-3,7-10H2,1H3/t12-,16?,17?/m0/s1. The highest BCUT2D eigenvalue weighted by Crippen LogP contribution is 2.48. The molecule has 4 heterocycles.